The summed E-state index contributed by atoms with van der Waals surface area (Å²) in [7, 11) is -3.48. The van der Waals surface area contributed by atoms with Gasteiger partial charge in [0, 0.05) is 25.2 Å². The van der Waals surface area contributed by atoms with Crippen LogP contribution in [0.4, 0.5) is 0 Å². The molecule has 0 radical (unpaired) electrons. The number of aryl methyl sites for hydroxylation is 2. The Labute approximate surface area is 174 Å². The number of nitrogens with zero attached hydrogens (tertiary/aromatic N) is 3. The first kappa shape index (κ1) is 20.0. The summed E-state index contributed by atoms with van der Waals surface area (Å²) in [5.74, 6) is -0.374. The molecule has 1 aromatic heterocycles. The maximum atomic E-state index is 12.7. The molecule has 0 saturated carbocycles. The lowest BCUT2D eigenvalue weighted by molar-refractivity contribution is 0.0997. The van der Waals surface area contributed by atoms with Gasteiger partial charge in [-0.1, -0.05) is 17.4 Å². The summed E-state index contributed by atoms with van der Waals surface area (Å²) in [5.41, 5.74) is 2.60. The van der Waals surface area contributed by atoms with Crippen LogP contribution in [0.1, 0.15) is 35.7 Å². The van der Waals surface area contributed by atoms with Gasteiger partial charge in [-0.05, 0) is 68.7 Å². The second-order valence-corrected chi connectivity index (χ2v) is 10.1. The minimum absolute atomic E-state index is 0.219. The molecule has 2 aromatic carbocycles. The van der Waals surface area contributed by atoms with Crippen molar-refractivity contribution in [2.45, 2.75) is 38.1 Å². The van der Waals surface area contributed by atoms with Crippen molar-refractivity contribution in [1.82, 2.24) is 8.87 Å². The van der Waals surface area contributed by atoms with Gasteiger partial charge in [-0.15, -0.1) is 0 Å². The molecule has 6 nitrogen and oxygen atoms in total. The summed E-state index contributed by atoms with van der Waals surface area (Å²) in [5, 5.41) is 0. The number of hydrogen-bond acceptors (Lipinski definition) is 4. The number of rotatable bonds is 4. The molecule has 0 aliphatic carbocycles. The maximum Gasteiger partial charge on any atom is 0.279 e. The van der Waals surface area contributed by atoms with Crippen LogP contribution in [-0.2, 0) is 16.6 Å². The molecule has 1 amide bonds. The van der Waals surface area contributed by atoms with E-state index in [4.69, 9.17) is 0 Å². The van der Waals surface area contributed by atoms with E-state index in [0.29, 0.717) is 30.0 Å². The fraction of sp³-hybridized carbons (Fsp3) is 0.333. The summed E-state index contributed by atoms with van der Waals surface area (Å²) < 4.78 is 29.9. The van der Waals surface area contributed by atoms with Crippen LogP contribution in [0.5, 0.6) is 0 Å². The lowest BCUT2D eigenvalue weighted by Gasteiger charge is -2.15. The van der Waals surface area contributed by atoms with Gasteiger partial charge >= 0.3 is 0 Å². The number of carbonyl (C=O) groups is 1. The van der Waals surface area contributed by atoms with Crippen molar-refractivity contribution in [3.05, 3.63) is 58.4 Å². The third-order valence-electron chi connectivity index (χ3n) is 5.16. The lowest BCUT2D eigenvalue weighted by Crippen LogP contribution is -2.27. The number of amides is 1. The summed E-state index contributed by atoms with van der Waals surface area (Å²) in [6.45, 7) is 5.88. The average molecular weight is 430 g/mol. The Morgan fingerprint density at radius 1 is 1.10 bits per heavy atom. The normalized spacial score (nSPS) is 16.0. The first-order valence-corrected chi connectivity index (χ1v) is 11.9. The number of benzene rings is 2. The number of thiazole rings is 1. The van der Waals surface area contributed by atoms with Gasteiger partial charge in [-0.3, -0.25) is 4.79 Å². The lowest BCUT2D eigenvalue weighted by atomic mass is 10.2. The molecule has 0 N–H and O–H groups in total. The SMILES string of the molecule is CCn1c(=NC(=O)c2ccc(S(=O)(=O)N3CCCC3)cc2)sc2cc(C)ccc21. The highest BCUT2D eigenvalue weighted by atomic mass is 32.2. The van der Waals surface area contributed by atoms with Crippen molar-refractivity contribution in [2.24, 2.45) is 4.99 Å². The zero-order valence-electron chi connectivity index (χ0n) is 16.5. The molecule has 3 aromatic rings. The molecule has 0 spiro atoms. The second-order valence-electron chi connectivity index (χ2n) is 7.15. The Hall–Kier alpha value is -2.29. The van der Waals surface area contributed by atoms with Gasteiger partial charge in [0.05, 0.1) is 15.1 Å². The summed E-state index contributed by atoms with van der Waals surface area (Å²) in [4.78, 5) is 17.9. The van der Waals surface area contributed by atoms with Crippen molar-refractivity contribution >= 4 is 37.5 Å². The Morgan fingerprint density at radius 3 is 2.45 bits per heavy atom. The Bertz CT molecular complexity index is 1230. The van der Waals surface area contributed by atoms with Crippen LogP contribution in [0.15, 0.2) is 52.4 Å². The predicted octanol–water partition coefficient (Wildman–Crippen LogP) is 3.56. The van der Waals surface area contributed by atoms with Gasteiger partial charge < -0.3 is 4.57 Å². The average Bonchev–Trinajstić information content (AvgIpc) is 3.35. The molecule has 0 bridgehead atoms. The van der Waals surface area contributed by atoms with Crippen molar-refractivity contribution in [3.63, 3.8) is 0 Å². The van der Waals surface area contributed by atoms with Crippen LogP contribution >= 0.6 is 11.3 Å². The van der Waals surface area contributed by atoms with Crippen molar-refractivity contribution in [3.8, 4) is 0 Å². The summed E-state index contributed by atoms with van der Waals surface area (Å²) >= 11 is 1.48. The van der Waals surface area contributed by atoms with E-state index in [2.05, 4.69) is 11.1 Å². The molecule has 1 aliphatic rings. The van der Waals surface area contributed by atoms with E-state index >= 15 is 0 Å². The molecule has 4 rings (SSSR count). The van der Waals surface area contributed by atoms with E-state index in [-0.39, 0.29) is 10.8 Å². The largest absolute Gasteiger partial charge is 0.317 e. The fourth-order valence-corrected chi connectivity index (χ4v) is 6.28. The van der Waals surface area contributed by atoms with Crippen LogP contribution in [0, 0.1) is 6.92 Å². The predicted molar refractivity (Wildman–Crippen MR) is 115 cm³/mol. The molecular formula is C21H23N3O3S2. The van der Waals surface area contributed by atoms with Gasteiger partial charge in [0.25, 0.3) is 5.91 Å². The first-order chi connectivity index (χ1) is 13.9. The van der Waals surface area contributed by atoms with E-state index in [1.54, 1.807) is 12.1 Å². The minimum Gasteiger partial charge on any atom is -0.317 e. The topological polar surface area (TPSA) is 71.7 Å². The smallest absolute Gasteiger partial charge is 0.279 e. The molecule has 0 atom stereocenters. The number of sulfonamides is 1. The van der Waals surface area contributed by atoms with Crippen LogP contribution < -0.4 is 4.80 Å². The monoisotopic (exact) mass is 429 g/mol. The zero-order valence-corrected chi connectivity index (χ0v) is 18.1. The Balaban J connectivity index is 1.66. The van der Waals surface area contributed by atoms with Gasteiger partial charge in [0.1, 0.15) is 0 Å². The Morgan fingerprint density at radius 2 is 1.79 bits per heavy atom. The maximum absolute atomic E-state index is 12.7. The van der Waals surface area contributed by atoms with E-state index in [9.17, 15) is 13.2 Å². The number of fused-ring (bicyclic) bond motifs is 1. The van der Waals surface area contributed by atoms with Crippen LogP contribution in [0.3, 0.4) is 0 Å². The van der Waals surface area contributed by atoms with Gasteiger partial charge in [-0.2, -0.15) is 9.30 Å². The van der Waals surface area contributed by atoms with E-state index in [1.807, 2.05) is 30.5 Å². The van der Waals surface area contributed by atoms with Crippen LogP contribution in [-0.4, -0.2) is 36.3 Å². The van der Waals surface area contributed by atoms with Crippen LogP contribution in [0.25, 0.3) is 10.2 Å². The molecule has 8 heteroatoms. The third-order valence-corrected chi connectivity index (χ3v) is 8.11. The molecule has 152 valence electrons. The van der Waals surface area contributed by atoms with Gasteiger partial charge in [-0.25, -0.2) is 8.42 Å². The molecule has 1 fully saturated rings. The van der Waals surface area contributed by atoms with Crippen molar-refractivity contribution in [2.75, 3.05) is 13.1 Å². The zero-order chi connectivity index (χ0) is 20.6. The number of aromatic nitrogens is 1. The highest BCUT2D eigenvalue weighted by molar-refractivity contribution is 7.89. The van der Waals surface area contributed by atoms with E-state index in [0.717, 1.165) is 28.6 Å². The highest BCUT2D eigenvalue weighted by Gasteiger charge is 2.27. The fourth-order valence-electron chi connectivity index (χ4n) is 3.57. The quantitative estimate of drug-likeness (QED) is 0.637. The van der Waals surface area contributed by atoms with Crippen LogP contribution in [0.2, 0.25) is 0 Å². The molecular weight excluding hydrogens is 406 g/mol. The first-order valence-electron chi connectivity index (χ1n) is 9.69. The standard InChI is InChI=1S/C21H23N3O3S2/c1-3-24-18-11-6-15(2)14-19(18)28-21(24)22-20(25)16-7-9-17(10-8-16)29(26,27)23-12-4-5-13-23/h6-11,14H,3-5,12-13H2,1-2H3. The second kappa shape index (κ2) is 7.85. The summed E-state index contributed by atoms with van der Waals surface area (Å²) in [6.07, 6.45) is 1.78. The number of hydrogen-bond donors (Lipinski definition) is 0. The van der Waals surface area contributed by atoms with Gasteiger partial charge in [0.2, 0.25) is 10.0 Å². The van der Waals surface area contributed by atoms with Gasteiger partial charge in [0.15, 0.2) is 4.80 Å². The van der Waals surface area contributed by atoms with E-state index < -0.39 is 10.0 Å². The molecule has 0 unspecified atom stereocenters. The Kier molecular flexibility index (Phi) is 5.42. The highest BCUT2D eigenvalue weighted by Crippen LogP contribution is 2.22. The van der Waals surface area contributed by atoms with Crippen molar-refractivity contribution < 1.29 is 13.2 Å². The van der Waals surface area contributed by atoms with E-state index in [1.165, 1.54) is 27.8 Å². The molecule has 1 aliphatic heterocycles. The molecule has 2 heterocycles. The molecule has 1 saturated heterocycles. The minimum atomic E-state index is -3.48. The molecule has 29 heavy (non-hydrogen) atoms. The number of carbonyl (C=O) groups excluding carboxylic acids is 1. The summed E-state index contributed by atoms with van der Waals surface area (Å²) in [6, 6.07) is 12.3. The third kappa shape index (κ3) is 3.80. The van der Waals surface area contributed by atoms with Crippen molar-refractivity contribution in [1.29, 1.82) is 0 Å².